The molecule has 1 saturated heterocycles. The van der Waals surface area contributed by atoms with E-state index in [1.165, 1.54) is 0 Å². The number of amides is 2. The zero-order chi connectivity index (χ0) is 16.4. The molecule has 1 aromatic carbocycles. The summed E-state index contributed by atoms with van der Waals surface area (Å²) in [6.45, 7) is 3.23. The normalized spacial score (nSPS) is 17.8. The van der Waals surface area contributed by atoms with E-state index in [4.69, 9.17) is 0 Å². The lowest BCUT2D eigenvalue weighted by atomic mass is 10.0. The first-order chi connectivity index (χ1) is 11.0. The quantitative estimate of drug-likeness (QED) is 0.839. The summed E-state index contributed by atoms with van der Waals surface area (Å²) in [5, 5.41) is 2.75. The Morgan fingerprint density at radius 2 is 1.87 bits per heavy atom. The van der Waals surface area contributed by atoms with Crippen LogP contribution in [0.1, 0.15) is 28.8 Å². The second kappa shape index (κ2) is 6.50. The van der Waals surface area contributed by atoms with Crippen LogP contribution in [-0.4, -0.2) is 60.6 Å². The number of benzene rings is 1. The van der Waals surface area contributed by atoms with Crippen molar-refractivity contribution in [3.8, 4) is 0 Å². The van der Waals surface area contributed by atoms with Crippen LogP contribution in [0.25, 0.3) is 0 Å². The zero-order valence-corrected chi connectivity index (χ0v) is 13.3. The van der Waals surface area contributed by atoms with Crippen LogP contribution in [-0.2, 0) is 16.0 Å². The molecule has 3 rings (SSSR count). The summed E-state index contributed by atoms with van der Waals surface area (Å²) in [4.78, 5) is 39.8. The topological polar surface area (TPSA) is 69.7 Å². The molecule has 2 amide bonds. The molecule has 0 aromatic heterocycles. The van der Waals surface area contributed by atoms with Gasteiger partial charge in [-0.05, 0) is 30.8 Å². The maximum Gasteiger partial charge on any atom is 0.228 e. The van der Waals surface area contributed by atoms with E-state index in [0.29, 0.717) is 12.0 Å². The molecule has 0 bridgehead atoms. The predicted octanol–water partition coefficient (Wildman–Crippen LogP) is 0.918. The van der Waals surface area contributed by atoms with Crippen LogP contribution in [0.2, 0.25) is 0 Å². The van der Waals surface area contributed by atoms with E-state index in [9.17, 15) is 14.4 Å². The number of piperazine rings is 1. The van der Waals surface area contributed by atoms with Crippen molar-refractivity contribution in [2.45, 2.75) is 19.3 Å². The Balaban J connectivity index is 1.54. The van der Waals surface area contributed by atoms with E-state index in [1.807, 2.05) is 11.9 Å². The molecule has 0 aliphatic carbocycles. The highest BCUT2D eigenvalue weighted by Crippen LogP contribution is 2.24. The Morgan fingerprint density at radius 3 is 2.61 bits per heavy atom. The molecule has 0 unspecified atom stereocenters. The maximum absolute atomic E-state index is 12.3. The zero-order valence-electron chi connectivity index (χ0n) is 13.3. The van der Waals surface area contributed by atoms with Crippen LogP contribution in [0.4, 0.5) is 5.69 Å². The molecule has 1 aromatic rings. The predicted molar refractivity (Wildman–Crippen MR) is 86.4 cm³/mol. The molecule has 6 nitrogen and oxygen atoms in total. The van der Waals surface area contributed by atoms with Crippen molar-refractivity contribution in [2.75, 3.05) is 38.5 Å². The number of rotatable bonds is 4. The minimum absolute atomic E-state index is 0.0458. The van der Waals surface area contributed by atoms with Crippen molar-refractivity contribution in [1.82, 2.24) is 9.80 Å². The second-order valence-electron chi connectivity index (χ2n) is 6.20. The monoisotopic (exact) mass is 315 g/mol. The number of hydrogen-bond donors (Lipinski definition) is 1. The minimum Gasteiger partial charge on any atom is -0.340 e. The van der Waals surface area contributed by atoms with Gasteiger partial charge in [-0.1, -0.05) is 0 Å². The van der Waals surface area contributed by atoms with Crippen molar-refractivity contribution < 1.29 is 14.4 Å². The molecule has 1 fully saturated rings. The van der Waals surface area contributed by atoms with E-state index < -0.39 is 0 Å². The van der Waals surface area contributed by atoms with Crippen LogP contribution < -0.4 is 5.32 Å². The van der Waals surface area contributed by atoms with E-state index in [-0.39, 0.29) is 30.4 Å². The SMILES string of the molecule is CN1CCN(C(=O)CCC(=O)c2ccc3c(c2)CC(=O)N3)CC1. The number of anilines is 1. The van der Waals surface area contributed by atoms with Crippen LogP contribution in [0, 0.1) is 0 Å². The van der Waals surface area contributed by atoms with Gasteiger partial charge in [0.05, 0.1) is 6.42 Å². The van der Waals surface area contributed by atoms with Gasteiger partial charge in [-0.25, -0.2) is 0 Å². The summed E-state index contributed by atoms with van der Waals surface area (Å²) >= 11 is 0. The van der Waals surface area contributed by atoms with Gasteiger partial charge in [0.15, 0.2) is 5.78 Å². The number of nitrogens with one attached hydrogen (secondary N) is 1. The highest BCUT2D eigenvalue weighted by molar-refractivity contribution is 6.02. The van der Waals surface area contributed by atoms with E-state index in [2.05, 4.69) is 10.2 Å². The number of ketones is 1. The molecular formula is C17H21N3O3. The molecule has 0 atom stereocenters. The standard InChI is InChI=1S/C17H21N3O3/c1-19-6-8-20(9-7-19)17(23)5-4-15(21)12-2-3-14-13(10-12)11-16(22)18-14/h2-3,10H,4-9,11H2,1H3,(H,18,22). The van der Waals surface area contributed by atoms with Gasteiger partial charge in [-0.15, -0.1) is 0 Å². The maximum atomic E-state index is 12.3. The fraction of sp³-hybridized carbons (Fsp3) is 0.471. The van der Waals surface area contributed by atoms with Gasteiger partial charge in [0.25, 0.3) is 0 Å². The van der Waals surface area contributed by atoms with Crippen molar-refractivity contribution in [3.05, 3.63) is 29.3 Å². The first kappa shape index (κ1) is 15.7. The fourth-order valence-corrected chi connectivity index (χ4v) is 2.98. The molecule has 6 heteroatoms. The molecule has 2 aliphatic heterocycles. The Morgan fingerprint density at radius 1 is 1.13 bits per heavy atom. The molecular weight excluding hydrogens is 294 g/mol. The Bertz CT molecular complexity index is 648. The van der Waals surface area contributed by atoms with Crippen LogP contribution in [0.5, 0.6) is 0 Å². The molecule has 0 radical (unpaired) electrons. The van der Waals surface area contributed by atoms with Crippen molar-refractivity contribution in [2.24, 2.45) is 0 Å². The number of carbonyl (C=O) groups excluding carboxylic acids is 3. The number of likely N-dealkylation sites (N-methyl/N-ethyl adjacent to an activating group) is 1. The third-order valence-corrected chi connectivity index (χ3v) is 4.47. The van der Waals surface area contributed by atoms with Gasteiger partial charge in [-0.2, -0.15) is 0 Å². The summed E-state index contributed by atoms with van der Waals surface area (Å²) in [7, 11) is 2.04. The molecule has 23 heavy (non-hydrogen) atoms. The van der Waals surface area contributed by atoms with E-state index >= 15 is 0 Å². The first-order valence-corrected chi connectivity index (χ1v) is 7.95. The average Bonchev–Trinajstić information content (AvgIpc) is 2.92. The first-order valence-electron chi connectivity index (χ1n) is 7.95. The number of Topliss-reactive ketones (excluding diaryl/α,β-unsaturated/α-hetero) is 1. The van der Waals surface area contributed by atoms with Crippen molar-refractivity contribution in [1.29, 1.82) is 0 Å². The molecule has 1 N–H and O–H groups in total. The van der Waals surface area contributed by atoms with Crippen LogP contribution in [0.15, 0.2) is 18.2 Å². The molecule has 2 heterocycles. The fourth-order valence-electron chi connectivity index (χ4n) is 2.98. The van der Waals surface area contributed by atoms with Gasteiger partial charge in [0, 0.05) is 50.3 Å². The molecule has 0 saturated carbocycles. The van der Waals surface area contributed by atoms with Gasteiger partial charge in [-0.3, -0.25) is 14.4 Å². The molecule has 122 valence electrons. The lowest BCUT2D eigenvalue weighted by Crippen LogP contribution is -2.47. The number of carbonyl (C=O) groups is 3. The summed E-state index contributed by atoms with van der Waals surface area (Å²) in [5.41, 5.74) is 2.21. The van der Waals surface area contributed by atoms with Crippen molar-refractivity contribution >= 4 is 23.3 Å². The third kappa shape index (κ3) is 3.59. The summed E-state index contributed by atoms with van der Waals surface area (Å²) in [5.74, 6) is -0.0473. The minimum atomic E-state index is -0.0466. The van der Waals surface area contributed by atoms with Crippen LogP contribution >= 0.6 is 0 Å². The van der Waals surface area contributed by atoms with Gasteiger partial charge < -0.3 is 15.1 Å². The number of hydrogen-bond acceptors (Lipinski definition) is 4. The highest BCUT2D eigenvalue weighted by atomic mass is 16.2. The van der Waals surface area contributed by atoms with Gasteiger partial charge in [0.1, 0.15) is 0 Å². The Hall–Kier alpha value is -2.21. The lowest BCUT2D eigenvalue weighted by Gasteiger charge is -2.32. The third-order valence-electron chi connectivity index (χ3n) is 4.47. The average molecular weight is 315 g/mol. The second-order valence-corrected chi connectivity index (χ2v) is 6.20. The Kier molecular flexibility index (Phi) is 4.43. The number of nitrogens with zero attached hydrogens (tertiary/aromatic N) is 2. The smallest absolute Gasteiger partial charge is 0.228 e. The summed E-state index contributed by atoms with van der Waals surface area (Å²) < 4.78 is 0. The summed E-state index contributed by atoms with van der Waals surface area (Å²) in [6.07, 6.45) is 0.777. The molecule has 2 aliphatic rings. The highest BCUT2D eigenvalue weighted by Gasteiger charge is 2.21. The van der Waals surface area contributed by atoms with E-state index in [1.54, 1.807) is 18.2 Å². The van der Waals surface area contributed by atoms with Crippen LogP contribution in [0.3, 0.4) is 0 Å². The largest absolute Gasteiger partial charge is 0.340 e. The summed E-state index contributed by atoms with van der Waals surface area (Å²) in [6, 6.07) is 5.23. The molecule has 0 spiro atoms. The number of fused-ring (bicyclic) bond motifs is 1. The van der Waals surface area contributed by atoms with E-state index in [0.717, 1.165) is 37.4 Å². The lowest BCUT2D eigenvalue weighted by molar-refractivity contribution is -0.132. The van der Waals surface area contributed by atoms with Gasteiger partial charge in [0.2, 0.25) is 11.8 Å². The Labute approximate surface area is 135 Å². The van der Waals surface area contributed by atoms with Crippen molar-refractivity contribution in [3.63, 3.8) is 0 Å². The van der Waals surface area contributed by atoms with Gasteiger partial charge >= 0.3 is 0 Å².